The lowest BCUT2D eigenvalue weighted by Gasteiger charge is -2.12. The maximum absolute atomic E-state index is 9.42. The number of anilines is 1. The molecule has 0 spiro atoms. The Morgan fingerprint density at radius 3 is 2.85 bits per heavy atom. The van der Waals surface area contributed by atoms with Crippen molar-refractivity contribution >= 4 is 16.5 Å². The number of aliphatic hydroxyl groups is 1. The molecule has 0 aliphatic heterocycles. The van der Waals surface area contributed by atoms with E-state index in [1.165, 1.54) is 16.9 Å². The molecule has 1 aliphatic carbocycles. The first-order valence-electron chi connectivity index (χ1n) is 6.82. The molecule has 2 rings (SSSR count). The van der Waals surface area contributed by atoms with Crippen LogP contribution in [0.1, 0.15) is 26.2 Å². The number of nitrogens with one attached hydrogen (secondary N) is 1. The summed E-state index contributed by atoms with van der Waals surface area (Å²) in [4.78, 5) is 0. The lowest BCUT2D eigenvalue weighted by Crippen LogP contribution is -2.08. The summed E-state index contributed by atoms with van der Waals surface area (Å²) >= 11 is 1.40. The maximum Gasteiger partial charge on any atom is 0.295 e. The van der Waals surface area contributed by atoms with E-state index in [4.69, 9.17) is 4.74 Å². The molecule has 0 amide bonds. The fourth-order valence-corrected chi connectivity index (χ4v) is 2.63. The van der Waals surface area contributed by atoms with Gasteiger partial charge in [0.15, 0.2) is 0 Å². The Hall–Kier alpha value is -1.40. The molecule has 0 aromatic carbocycles. The monoisotopic (exact) mass is 295 g/mol. The van der Waals surface area contributed by atoms with Crippen molar-refractivity contribution in [3.05, 3.63) is 23.8 Å². The number of nitrogens with zero attached hydrogens (tertiary/aromatic N) is 2. The minimum atomic E-state index is 0.0348. The first kappa shape index (κ1) is 15.0. The van der Waals surface area contributed by atoms with Crippen molar-refractivity contribution in [3.63, 3.8) is 0 Å². The highest BCUT2D eigenvalue weighted by Crippen LogP contribution is 2.51. The van der Waals surface area contributed by atoms with Gasteiger partial charge in [-0.15, -0.1) is 5.10 Å². The molecule has 1 aromatic heterocycles. The van der Waals surface area contributed by atoms with Crippen molar-refractivity contribution in [2.24, 2.45) is 5.41 Å². The quantitative estimate of drug-likeness (QED) is 0.570. The second-order valence-electron chi connectivity index (χ2n) is 4.85. The predicted molar refractivity (Wildman–Crippen MR) is 81.2 cm³/mol. The number of rotatable bonds is 8. The van der Waals surface area contributed by atoms with E-state index in [0.717, 1.165) is 24.4 Å². The summed E-state index contributed by atoms with van der Waals surface area (Å²) in [5.74, 6) is 0. The molecule has 2 N–H and O–H groups in total. The van der Waals surface area contributed by atoms with E-state index in [1.54, 1.807) is 7.05 Å². The SMILES string of the molecule is C/C=C(\C=C/CCOc1nnc(NC)s1)C1(CO)CC1. The van der Waals surface area contributed by atoms with Gasteiger partial charge in [-0.05, 0) is 43.1 Å². The van der Waals surface area contributed by atoms with Crippen LogP contribution < -0.4 is 10.1 Å². The van der Waals surface area contributed by atoms with Crippen molar-refractivity contribution in [2.45, 2.75) is 26.2 Å². The molecular formula is C14H21N3O2S. The molecule has 0 atom stereocenters. The number of hydrogen-bond donors (Lipinski definition) is 2. The molecule has 0 unspecified atom stereocenters. The van der Waals surface area contributed by atoms with Crippen molar-refractivity contribution in [3.8, 4) is 5.19 Å². The standard InChI is InChI=1S/C14H21N3O2S/c1-3-11(14(10-18)7-8-14)6-4-5-9-19-13-17-16-12(15-2)20-13/h3-4,6,18H,5,7-10H2,1-2H3,(H,15,16)/b6-4-,11-3+. The van der Waals surface area contributed by atoms with Gasteiger partial charge in [0, 0.05) is 12.5 Å². The van der Waals surface area contributed by atoms with E-state index in [2.05, 4.69) is 33.7 Å². The second-order valence-corrected chi connectivity index (χ2v) is 5.79. The minimum Gasteiger partial charge on any atom is -0.469 e. The summed E-state index contributed by atoms with van der Waals surface area (Å²) in [7, 11) is 1.81. The van der Waals surface area contributed by atoms with E-state index in [9.17, 15) is 5.11 Å². The number of hydrogen-bond acceptors (Lipinski definition) is 6. The van der Waals surface area contributed by atoms with Crippen LogP contribution in [0.15, 0.2) is 23.8 Å². The predicted octanol–water partition coefficient (Wildman–Crippen LogP) is 2.62. The van der Waals surface area contributed by atoms with Crippen LogP contribution in [0.3, 0.4) is 0 Å². The lowest BCUT2D eigenvalue weighted by atomic mass is 9.96. The van der Waals surface area contributed by atoms with Crippen LogP contribution in [0, 0.1) is 5.41 Å². The van der Waals surface area contributed by atoms with Gasteiger partial charge in [-0.1, -0.05) is 23.3 Å². The van der Waals surface area contributed by atoms with Crippen molar-refractivity contribution in [2.75, 3.05) is 25.6 Å². The normalized spacial score (nSPS) is 17.4. The van der Waals surface area contributed by atoms with Crippen LogP contribution in [0.25, 0.3) is 0 Å². The third kappa shape index (κ3) is 3.58. The third-order valence-corrected chi connectivity index (χ3v) is 4.36. The van der Waals surface area contributed by atoms with E-state index < -0.39 is 0 Å². The van der Waals surface area contributed by atoms with E-state index >= 15 is 0 Å². The molecule has 1 saturated carbocycles. The van der Waals surface area contributed by atoms with E-state index in [1.807, 2.05) is 6.92 Å². The van der Waals surface area contributed by atoms with Gasteiger partial charge in [0.1, 0.15) is 0 Å². The fourth-order valence-electron chi connectivity index (χ4n) is 2.06. The smallest absolute Gasteiger partial charge is 0.295 e. The molecule has 110 valence electrons. The molecule has 1 fully saturated rings. The lowest BCUT2D eigenvalue weighted by molar-refractivity contribution is 0.236. The molecule has 5 nitrogen and oxygen atoms in total. The fraction of sp³-hybridized carbons (Fsp3) is 0.571. The summed E-state index contributed by atoms with van der Waals surface area (Å²) in [6.07, 6.45) is 9.26. The van der Waals surface area contributed by atoms with Crippen LogP contribution in [0.2, 0.25) is 0 Å². The average Bonchev–Trinajstić information content (AvgIpc) is 3.14. The number of aliphatic hydroxyl groups excluding tert-OH is 1. The van der Waals surface area contributed by atoms with Crippen molar-refractivity contribution in [1.82, 2.24) is 10.2 Å². The van der Waals surface area contributed by atoms with E-state index in [0.29, 0.717) is 11.8 Å². The maximum atomic E-state index is 9.42. The number of ether oxygens (including phenoxy) is 1. The zero-order chi connectivity index (χ0) is 14.4. The second kappa shape index (κ2) is 6.85. The average molecular weight is 295 g/mol. The van der Waals surface area contributed by atoms with Crippen LogP contribution in [-0.2, 0) is 0 Å². The molecule has 20 heavy (non-hydrogen) atoms. The Bertz CT molecular complexity index is 492. The van der Waals surface area contributed by atoms with Gasteiger partial charge < -0.3 is 15.2 Å². The highest BCUT2D eigenvalue weighted by Gasteiger charge is 2.43. The molecule has 1 heterocycles. The summed E-state index contributed by atoms with van der Waals surface area (Å²) < 4.78 is 5.52. The molecule has 6 heteroatoms. The molecule has 1 aromatic rings. The molecular weight excluding hydrogens is 274 g/mol. The van der Waals surface area contributed by atoms with E-state index in [-0.39, 0.29) is 12.0 Å². The summed E-state index contributed by atoms with van der Waals surface area (Å²) in [6.45, 7) is 2.84. The Kier molecular flexibility index (Phi) is 5.14. The third-order valence-electron chi connectivity index (χ3n) is 3.51. The van der Waals surface area contributed by atoms with Gasteiger partial charge in [-0.2, -0.15) is 0 Å². The largest absolute Gasteiger partial charge is 0.469 e. The van der Waals surface area contributed by atoms with Gasteiger partial charge in [-0.3, -0.25) is 0 Å². The molecule has 0 saturated heterocycles. The molecule has 0 bridgehead atoms. The Labute approximate surface area is 123 Å². The zero-order valence-electron chi connectivity index (χ0n) is 11.9. The van der Waals surface area contributed by atoms with Crippen LogP contribution in [0.5, 0.6) is 5.19 Å². The van der Waals surface area contributed by atoms with Crippen LogP contribution in [-0.4, -0.2) is 35.6 Å². The zero-order valence-corrected chi connectivity index (χ0v) is 12.7. The van der Waals surface area contributed by atoms with Gasteiger partial charge in [0.2, 0.25) is 5.13 Å². The minimum absolute atomic E-state index is 0.0348. The van der Waals surface area contributed by atoms with Gasteiger partial charge in [-0.25, -0.2) is 0 Å². The Morgan fingerprint density at radius 2 is 2.30 bits per heavy atom. The Morgan fingerprint density at radius 1 is 1.50 bits per heavy atom. The topological polar surface area (TPSA) is 67.3 Å². The van der Waals surface area contributed by atoms with Gasteiger partial charge >= 0.3 is 0 Å². The van der Waals surface area contributed by atoms with Crippen molar-refractivity contribution < 1.29 is 9.84 Å². The highest BCUT2D eigenvalue weighted by atomic mass is 32.1. The first-order valence-corrected chi connectivity index (χ1v) is 7.64. The van der Waals surface area contributed by atoms with Gasteiger partial charge in [0.05, 0.1) is 13.2 Å². The molecule has 1 aliphatic rings. The number of aromatic nitrogens is 2. The Balaban J connectivity index is 1.74. The van der Waals surface area contributed by atoms with Crippen LogP contribution in [0.4, 0.5) is 5.13 Å². The summed E-state index contributed by atoms with van der Waals surface area (Å²) in [5.41, 5.74) is 1.26. The van der Waals surface area contributed by atoms with Gasteiger partial charge in [0.25, 0.3) is 5.19 Å². The highest BCUT2D eigenvalue weighted by molar-refractivity contribution is 7.16. The summed E-state index contributed by atoms with van der Waals surface area (Å²) in [5, 5.41) is 21.5. The number of allylic oxidation sites excluding steroid dienone is 2. The van der Waals surface area contributed by atoms with Crippen molar-refractivity contribution in [1.29, 1.82) is 0 Å². The van der Waals surface area contributed by atoms with Crippen LogP contribution >= 0.6 is 11.3 Å². The molecule has 0 radical (unpaired) electrons. The summed E-state index contributed by atoms with van der Waals surface area (Å²) in [6, 6.07) is 0. The first-order chi connectivity index (χ1) is 9.74.